The lowest BCUT2D eigenvalue weighted by Gasteiger charge is -2.07. The highest BCUT2D eigenvalue weighted by molar-refractivity contribution is 8.13. The van der Waals surface area contributed by atoms with E-state index in [1.165, 1.54) is 4.68 Å². The Kier molecular flexibility index (Phi) is 4.39. The molecule has 1 amide bonds. The van der Waals surface area contributed by atoms with Crippen molar-refractivity contribution in [1.82, 2.24) is 15.1 Å². The van der Waals surface area contributed by atoms with Gasteiger partial charge in [-0.25, -0.2) is 8.42 Å². The van der Waals surface area contributed by atoms with E-state index >= 15 is 0 Å². The third kappa shape index (κ3) is 3.32. The second-order valence-corrected chi connectivity index (χ2v) is 7.37. The van der Waals surface area contributed by atoms with Crippen LogP contribution in [0.15, 0.2) is 4.90 Å². The average molecular weight is 320 g/mol. The minimum atomic E-state index is -3.86. The predicted molar refractivity (Wildman–Crippen MR) is 75.2 cm³/mol. The maximum atomic E-state index is 11.8. The topological polar surface area (TPSA) is 81.1 Å². The number of hydrogen-bond donors (Lipinski definition) is 1. The van der Waals surface area contributed by atoms with E-state index in [2.05, 4.69) is 10.4 Å². The molecule has 1 heterocycles. The van der Waals surface area contributed by atoms with Crippen LogP contribution in [0.4, 0.5) is 0 Å². The average Bonchev–Trinajstić information content (AvgIpc) is 3.06. The molecule has 1 aromatic rings. The van der Waals surface area contributed by atoms with E-state index in [0.717, 1.165) is 12.8 Å². The Morgan fingerprint density at radius 2 is 2.05 bits per heavy atom. The fourth-order valence-electron chi connectivity index (χ4n) is 2.16. The van der Waals surface area contributed by atoms with Crippen LogP contribution in [0.1, 0.15) is 38.1 Å². The van der Waals surface area contributed by atoms with Crippen LogP contribution < -0.4 is 5.32 Å². The highest BCUT2D eigenvalue weighted by Gasteiger charge is 2.27. The zero-order valence-corrected chi connectivity index (χ0v) is 13.1. The van der Waals surface area contributed by atoms with Gasteiger partial charge in [0.1, 0.15) is 11.4 Å². The van der Waals surface area contributed by atoms with Gasteiger partial charge in [-0.05, 0) is 25.7 Å². The normalized spacial score (nSPS) is 15.3. The van der Waals surface area contributed by atoms with Crippen molar-refractivity contribution < 1.29 is 13.2 Å². The molecule has 20 heavy (non-hydrogen) atoms. The quantitative estimate of drug-likeness (QED) is 0.799. The van der Waals surface area contributed by atoms with Crippen molar-refractivity contribution in [2.24, 2.45) is 0 Å². The summed E-state index contributed by atoms with van der Waals surface area (Å²) < 4.78 is 24.8. The highest BCUT2D eigenvalue weighted by atomic mass is 35.7. The second kappa shape index (κ2) is 5.73. The molecule has 0 bridgehead atoms. The van der Waals surface area contributed by atoms with E-state index in [0.29, 0.717) is 24.2 Å². The van der Waals surface area contributed by atoms with Crippen LogP contribution in [0.5, 0.6) is 0 Å². The summed E-state index contributed by atoms with van der Waals surface area (Å²) >= 11 is 0. The van der Waals surface area contributed by atoms with Crippen LogP contribution in [0.25, 0.3) is 0 Å². The van der Waals surface area contributed by atoms with Crippen molar-refractivity contribution in [1.29, 1.82) is 0 Å². The lowest BCUT2D eigenvalue weighted by atomic mass is 10.2. The van der Waals surface area contributed by atoms with Gasteiger partial charge in [0, 0.05) is 16.7 Å². The predicted octanol–water partition coefficient (Wildman–Crippen LogP) is 1.21. The monoisotopic (exact) mass is 319 g/mol. The molecule has 0 aromatic carbocycles. The summed E-state index contributed by atoms with van der Waals surface area (Å²) in [6.07, 6.45) is 2.91. The Labute approximate surface area is 122 Å². The van der Waals surface area contributed by atoms with E-state index in [9.17, 15) is 13.2 Å². The number of rotatable bonds is 6. The van der Waals surface area contributed by atoms with Gasteiger partial charge in [0.2, 0.25) is 5.91 Å². The van der Waals surface area contributed by atoms with Crippen molar-refractivity contribution in [3.8, 4) is 0 Å². The molecule has 0 unspecified atom stereocenters. The van der Waals surface area contributed by atoms with Gasteiger partial charge in [-0.2, -0.15) is 5.10 Å². The lowest BCUT2D eigenvalue weighted by Crippen LogP contribution is -2.30. The summed E-state index contributed by atoms with van der Waals surface area (Å²) in [5.41, 5.74) is 0.902. The zero-order chi connectivity index (χ0) is 14.9. The fraction of sp³-hybridized carbons (Fsp3) is 0.667. The molecule has 0 atom stereocenters. The molecule has 1 aromatic heterocycles. The smallest absolute Gasteiger partial charge is 0.264 e. The van der Waals surface area contributed by atoms with Crippen molar-refractivity contribution >= 4 is 25.6 Å². The first-order chi connectivity index (χ1) is 9.36. The van der Waals surface area contributed by atoms with E-state index < -0.39 is 9.05 Å². The molecule has 0 spiro atoms. The Hall–Kier alpha value is -1.08. The highest BCUT2D eigenvalue weighted by Crippen LogP contribution is 2.25. The molecular weight excluding hydrogens is 302 g/mol. The summed E-state index contributed by atoms with van der Waals surface area (Å²) in [6.45, 7) is 3.65. The van der Waals surface area contributed by atoms with Crippen LogP contribution in [0.2, 0.25) is 0 Å². The van der Waals surface area contributed by atoms with Gasteiger partial charge in [-0.15, -0.1) is 0 Å². The first-order valence-electron chi connectivity index (χ1n) is 6.69. The third-order valence-corrected chi connectivity index (χ3v) is 4.65. The van der Waals surface area contributed by atoms with Crippen LogP contribution in [0, 0.1) is 0 Å². The Morgan fingerprint density at radius 3 is 2.50 bits per heavy atom. The minimum absolute atomic E-state index is 0.0269. The largest absolute Gasteiger partial charge is 0.352 e. The van der Waals surface area contributed by atoms with Gasteiger partial charge < -0.3 is 5.32 Å². The number of nitrogens with one attached hydrogen (secondary N) is 1. The number of aromatic nitrogens is 2. The molecular formula is C12H18ClN3O3S. The van der Waals surface area contributed by atoms with Crippen molar-refractivity contribution in [2.75, 3.05) is 0 Å². The molecule has 0 radical (unpaired) electrons. The summed E-state index contributed by atoms with van der Waals surface area (Å²) in [6, 6.07) is 0.269. The summed E-state index contributed by atoms with van der Waals surface area (Å²) in [7, 11) is 1.63. The number of halogens is 1. The van der Waals surface area contributed by atoms with Gasteiger partial charge in [0.05, 0.1) is 11.4 Å². The first kappa shape index (κ1) is 15.3. The van der Waals surface area contributed by atoms with E-state index in [1.807, 2.05) is 13.8 Å². The van der Waals surface area contributed by atoms with Crippen LogP contribution >= 0.6 is 10.7 Å². The molecule has 1 aliphatic carbocycles. The second-order valence-electron chi connectivity index (χ2n) is 4.87. The van der Waals surface area contributed by atoms with Gasteiger partial charge in [-0.1, -0.05) is 13.8 Å². The first-order valence-corrected chi connectivity index (χ1v) is 9.00. The third-order valence-electron chi connectivity index (χ3n) is 3.23. The molecule has 1 N–H and O–H groups in total. The molecule has 0 saturated heterocycles. The van der Waals surface area contributed by atoms with Crippen molar-refractivity contribution in [3.63, 3.8) is 0 Å². The Balaban J connectivity index is 2.32. The SMILES string of the molecule is CCc1nn(CC(=O)NC2CC2)c(CC)c1S(=O)(=O)Cl. The molecule has 1 saturated carbocycles. The number of nitrogens with zero attached hydrogens (tertiary/aromatic N) is 2. The zero-order valence-electron chi connectivity index (χ0n) is 11.5. The van der Waals surface area contributed by atoms with E-state index in [1.54, 1.807) is 0 Å². The van der Waals surface area contributed by atoms with Gasteiger partial charge in [0.25, 0.3) is 9.05 Å². The molecule has 1 fully saturated rings. The number of aryl methyl sites for hydroxylation is 1. The van der Waals surface area contributed by atoms with E-state index in [4.69, 9.17) is 10.7 Å². The summed E-state index contributed by atoms with van der Waals surface area (Å²) in [5.74, 6) is -0.147. The number of carbonyl (C=O) groups is 1. The van der Waals surface area contributed by atoms with Crippen molar-refractivity contribution in [3.05, 3.63) is 11.4 Å². The Morgan fingerprint density at radius 1 is 1.40 bits per heavy atom. The summed E-state index contributed by atoms with van der Waals surface area (Å²) in [5, 5.41) is 7.08. The van der Waals surface area contributed by atoms with Gasteiger partial charge in [0.15, 0.2) is 0 Å². The van der Waals surface area contributed by atoms with Crippen LogP contribution in [0.3, 0.4) is 0 Å². The van der Waals surface area contributed by atoms with E-state index in [-0.39, 0.29) is 23.4 Å². The molecule has 0 aliphatic heterocycles. The van der Waals surface area contributed by atoms with Gasteiger partial charge in [-0.3, -0.25) is 9.48 Å². The minimum Gasteiger partial charge on any atom is -0.352 e. The van der Waals surface area contributed by atoms with Gasteiger partial charge >= 0.3 is 0 Å². The maximum absolute atomic E-state index is 11.8. The standard InChI is InChI=1S/C12H18ClN3O3S/c1-3-9-12(20(13,18)19)10(4-2)16(15-9)7-11(17)14-8-5-6-8/h8H,3-7H2,1-2H3,(H,14,17). The van der Waals surface area contributed by atoms with Crippen molar-refractivity contribution in [2.45, 2.75) is 57.0 Å². The Bertz CT molecular complexity index is 620. The molecule has 8 heteroatoms. The molecule has 1 aliphatic rings. The fourth-order valence-corrected chi connectivity index (χ4v) is 3.69. The lowest BCUT2D eigenvalue weighted by molar-refractivity contribution is -0.122. The molecule has 112 valence electrons. The maximum Gasteiger partial charge on any atom is 0.264 e. The number of carbonyl (C=O) groups excluding carboxylic acids is 1. The summed E-state index contributed by atoms with van der Waals surface area (Å²) in [4.78, 5) is 11.9. The van der Waals surface area contributed by atoms with Crippen LogP contribution in [-0.4, -0.2) is 30.1 Å². The van der Waals surface area contributed by atoms with Crippen LogP contribution in [-0.2, 0) is 33.2 Å². The number of hydrogen-bond acceptors (Lipinski definition) is 4. The number of amides is 1. The molecule has 6 nitrogen and oxygen atoms in total. The molecule has 2 rings (SSSR count).